The molecule has 0 saturated carbocycles. The van der Waals surface area contributed by atoms with Gasteiger partial charge in [0.25, 0.3) is 0 Å². The molecule has 1 amide bonds. The molecular weight excluding hydrogens is 294 g/mol. The Morgan fingerprint density at radius 1 is 1.41 bits per heavy atom. The summed E-state index contributed by atoms with van der Waals surface area (Å²) in [5.74, 6) is 0.162. The van der Waals surface area contributed by atoms with E-state index in [1.54, 1.807) is 11.3 Å². The second-order valence-electron chi connectivity index (χ2n) is 5.92. The first-order valence-corrected chi connectivity index (χ1v) is 8.90. The maximum absolute atomic E-state index is 12.7. The first kappa shape index (κ1) is 15.4. The number of aromatic nitrogens is 1. The largest absolute Gasteiger partial charge is 0.292 e. The zero-order valence-corrected chi connectivity index (χ0v) is 14.1. The summed E-state index contributed by atoms with van der Waals surface area (Å²) in [7, 11) is 0. The maximum atomic E-state index is 12.7. The van der Waals surface area contributed by atoms with E-state index in [1.807, 2.05) is 30.0 Å². The quantitative estimate of drug-likeness (QED) is 0.865. The van der Waals surface area contributed by atoms with Gasteiger partial charge in [0, 0.05) is 12.6 Å². The fraction of sp³-hybridized carbons (Fsp3) is 0.529. The topological polar surface area (TPSA) is 36.4 Å². The Labute approximate surface area is 135 Å². The lowest BCUT2D eigenvalue weighted by molar-refractivity contribution is -0.120. The molecule has 5 heteroatoms. The number of hydrogen-bond donors (Lipinski definition) is 0. The molecule has 22 heavy (non-hydrogen) atoms. The number of likely N-dealkylation sites (N-methyl/N-ethyl adjacent to an activating group) is 1. The van der Waals surface area contributed by atoms with Crippen LogP contribution in [0.2, 0.25) is 0 Å². The van der Waals surface area contributed by atoms with Crippen molar-refractivity contribution in [1.29, 1.82) is 0 Å². The third-order valence-electron chi connectivity index (χ3n) is 4.41. The number of hydrogen-bond acceptors (Lipinski definition) is 4. The zero-order valence-electron chi connectivity index (χ0n) is 13.3. The number of amides is 1. The van der Waals surface area contributed by atoms with E-state index in [0.717, 1.165) is 21.9 Å². The third-order valence-corrected chi connectivity index (χ3v) is 5.47. The van der Waals surface area contributed by atoms with E-state index in [0.29, 0.717) is 19.1 Å². The van der Waals surface area contributed by atoms with Gasteiger partial charge in [-0.15, -0.1) is 0 Å². The van der Waals surface area contributed by atoms with E-state index in [4.69, 9.17) is 0 Å². The smallest absolute Gasteiger partial charge is 0.242 e. The minimum atomic E-state index is 0.162. The van der Waals surface area contributed by atoms with Crippen molar-refractivity contribution in [3.63, 3.8) is 0 Å². The van der Waals surface area contributed by atoms with Gasteiger partial charge in [-0.05, 0) is 45.4 Å². The van der Waals surface area contributed by atoms with Crippen molar-refractivity contribution in [3.8, 4) is 0 Å². The van der Waals surface area contributed by atoms with Gasteiger partial charge in [0.15, 0.2) is 5.13 Å². The number of carbonyl (C=O) groups is 1. The van der Waals surface area contributed by atoms with Crippen molar-refractivity contribution in [3.05, 3.63) is 24.3 Å². The second kappa shape index (κ2) is 6.75. The molecule has 118 valence electrons. The number of rotatable bonds is 4. The number of anilines is 1. The average molecular weight is 317 g/mol. The molecule has 1 fully saturated rings. The molecule has 0 aliphatic carbocycles. The van der Waals surface area contributed by atoms with Crippen LogP contribution in [-0.2, 0) is 4.79 Å². The predicted octanol–water partition coefficient (Wildman–Crippen LogP) is 3.52. The lowest BCUT2D eigenvalue weighted by Gasteiger charge is -2.33. The minimum Gasteiger partial charge on any atom is -0.292 e. The number of benzene rings is 1. The van der Waals surface area contributed by atoms with E-state index >= 15 is 0 Å². The van der Waals surface area contributed by atoms with Crippen molar-refractivity contribution < 1.29 is 4.79 Å². The van der Waals surface area contributed by atoms with E-state index in [9.17, 15) is 4.79 Å². The summed E-state index contributed by atoms with van der Waals surface area (Å²) in [5.41, 5.74) is 0.972. The summed E-state index contributed by atoms with van der Waals surface area (Å²) in [6.45, 7) is 6.44. The standard InChI is InChI=1S/C17H23N3OS/c1-3-20(16(21)12-19-11-7-6-8-13(19)2)17-18-14-9-4-5-10-15(14)22-17/h4-5,9-10,13H,3,6-8,11-12H2,1-2H3. The van der Waals surface area contributed by atoms with Gasteiger partial charge in [-0.2, -0.15) is 0 Å². The van der Waals surface area contributed by atoms with Crippen molar-refractivity contribution in [2.75, 3.05) is 24.5 Å². The molecular formula is C17H23N3OS. The predicted molar refractivity (Wildman–Crippen MR) is 92.5 cm³/mol. The average Bonchev–Trinajstić information content (AvgIpc) is 2.94. The summed E-state index contributed by atoms with van der Waals surface area (Å²) in [4.78, 5) is 21.5. The normalized spacial score (nSPS) is 19.5. The van der Waals surface area contributed by atoms with Gasteiger partial charge in [-0.25, -0.2) is 4.98 Å². The molecule has 1 aromatic heterocycles. The second-order valence-corrected chi connectivity index (χ2v) is 6.93. The number of para-hydroxylation sites is 1. The van der Waals surface area contributed by atoms with Crippen molar-refractivity contribution >= 4 is 32.6 Å². The van der Waals surface area contributed by atoms with Gasteiger partial charge < -0.3 is 0 Å². The molecule has 3 rings (SSSR count). The van der Waals surface area contributed by atoms with Crippen LogP contribution in [-0.4, -0.2) is 41.5 Å². The molecule has 1 aromatic carbocycles. The Morgan fingerprint density at radius 3 is 2.95 bits per heavy atom. The number of fused-ring (bicyclic) bond motifs is 1. The third kappa shape index (κ3) is 3.15. The lowest BCUT2D eigenvalue weighted by atomic mass is 10.0. The molecule has 0 N–H and O–H groups in total. The summed E-state index contributed by atoms with van der Waals surface area (Å²) in [5, 5.41) is 0.818. The van der Waals surface area contributed by atoms with Crippen molar-refractivity contribution in [2.24, 2.45) is 0 Å². The van der Waals surface area contributed by atoms with Gasteiger partial charge in [0.05, 0.1) is 16.8 Å². The van der Waals surface area contributed by atoms with Crippen molar-refractivity contribution in [1.82, 2.24) is 9.88 Å². The highest BCUT2D eigenvalue weighted by atomic mass is 32.1. The van der Waals surface area contributed by atoms with E-state index in [-0.39, 0.29) is 5.91 Å². The van der Waals surface area contributed by atoms with Gasteiger partial charge in [-0.3, -0.25) is 14.6 Å². The molecule has 1 aliphatic heterocycles. The van der Waals surface area contributed by atoms with E-state index in [2.05, 4.69) is 22.9 Å². The molecule has 0 bridgehead atoms. The highest BCUT2D eigenvalue weighted by Crippen LogP contribution is 2.28. The maximum Gasteiger partial charge on any atom is 0.242 e. The fourth-order valence-electron chi connectivity index (χ4n) is 3.05. The first-order chi connectivity index (χ1) is 10.7. The monoisotopic (exact) mass is 317 g/mol. The van der Waals surface area contributed by atoms with Crippen LogP contribution in [0.3, 0.4) is 0 Å². The van der Waals surface area contributed by atoms with Crippen LogP contribution in [0.4, 0.5) is 5.13 Å². The highest BCUT2D eigenvalue weighted by molar-refractivity contribution is 7.22. The number of carbonyl (C=O) groups excluding carboxylic acids is 1. The molecule has 1 atom stereocenters. The first-order valence-electron chi connectivity index (χ1n) is 8.09. The summed E-state index contributed by atoms with van der Waals surface area (Å²) >= 11 is 1.60. The Morgan fingerprint density at radius 2 is 2.23 bits per heavy atom. The molecule has 4 nitrogen and oxygen atoms in total. The lowest BCUT2D eigenvalue weighted by Crippen LogP contribution is -2.45. The molecule has 0 radical (unpaired) electrons. The van der Waals surface area contributed by atoms with Gasteiger partial charge in [0.2, 0.25) is 5.91 Å². The highest BCUT2D eigenvalue weighted by Gasteiger charge is 2.24. The van der Waals surface area contributed by atoms with Gasteiger partial charge in [-0.1, -0.05) is 29.9 Å². The van der Waals surface area contributed by atoms with Crippen LogP contribution in [0, 0.1) is 0 Å². The van der Waals surface area contributed by atoms with E-state index in [1.165, 1.54) is 19.3 Å². The van der Waals surface area contributed by atoms with Crippen LogP contribution in [0.1, 0.15) is 33.1 Å². The molecule has 0 spiro atoms. The SMILES string of the molecule is CCN(C(=O)CN1CCCCC1C)c1nc2ccccc2s1. The van der Waals surface area contributed by atoms with Crippen LogP contribution in [0.15, 0.2) is 24.3 Å². The van der Waals surface area contributed by atoms with Crippen LogP contribution >= 0.6 is 11.3 Å². The number of thiazole rings is 1. The zero-order chi connectivity index (χ0) is 15.5. The Hall–Kier alpha value is -1.46. The summed E-state index contributed by atoms with van der Waals surface area (Å²) in [6.07, 6.45) is 3.67. The number of likely N-dealkylation sites (tertiary alicyclic amines) is 1. The van der Waals surface area contributed by atoms with Crippen molar-refractivity contribution in [2.45, 2.75) is 39.2 Å². The van der Waals surface area contributed by atoms with Crippen LogP contribution in [0.25, 0.3) is 10.2 Å². The van der Waals surface area contributed by atoms with Gasteiger partial charge in [0.1, 0.15) is 0 Å². The van der Waals surface area contributed by atoms with Crippen LogP contribution < -0.4 is 4.90 Å². The fourth-order valence-corrected chi connectivity index (χ4v) is 4.09. The van der Waals surface area contributed by atoms with Crippen LogP contribution in [0.5, 0.6) is 0 Å². The Bertz CT molecular complexity index is 621. The Kier molecular flexibility index (Phi) is 4.74. The van der Waals surface area contributed by atoms with Gasteiger partial charge >= 0.3 is 0 Å². The molecule has 2 aromatic rings. The molecule has 1 unspecified atom stereocenters. The minimum absolute atomic E-state index is 0.162. The molecule has 2 heterocycles. The number of nitrogens with zero attached hydrogens (tertiary/aromatic N) is 3. The van der Waals surface area contributed by atoms with E-state index < -0.39 is 0 Å². The summed E-state index contributed by atoms with van der Waals surface area (Å²) < 4.78 is 1.13. The number of piperidine rings is 1. The molecule has 1 aliphatic rings. The molecule has 1 saturated heterocycles. The Balaban J connectivity index is 1.76. The summed E-state index contributed by atoms with van der Waals surface area (Å²) in [6, 6.07) is 8.56.